The third-order valence-electron chi connectivity index (χ3n) is 0.900. The van der Waals surface area contributed by atoms with Gasteiger partial charge in [-0.3, -0.25) is 0 Å². The molecule has 0 aliphatic rings. The van der Waals surface area contributed by atoms with Gasteiger partial charge in [-0.2, -0.15) is 0 Å². The lowest BCUT2D eigenvalue weighted by atomic mass is 10.5. The average Bonchev–Trinajstić information content (AvgIpc) is 1.63. The second-order valence-corrected chi connectivity index (χ2v) is 8.32. The lowest BCUT2D eigenvalue weighted by Crippen LogP contribution is -2.14. The van der Waals surface area contributed by atoms with E-state index in [0.717, 1.165) is 0 Å². The molecule has 0 aliphatic heterocycles. The molecule has 9 heavy (non-hydrogen) atoms. The van der Waals surface area contributed by atoms with E-state index in [0.29, 0.717) is 0 Å². The quantitative estimate of drug-likeness (QED) is 0.408. The highest BCUT2D eigenvalue weighted by Crippen LogP contribution is 2.01. The molecule has 0 aromatic heterocycles. The third-order valence-corrected chi connectivity index (χ3v) is 2.09. The molecule has 0 amide bonds. The highest BCUT2D eigenvalue weighted by atomic mass is 28.3. The Hall–Kier alpha value is -0.303. The standard InChI is InChI=1S/C8H16Si/c1-5-6-7-8-9(2,3)4/h5-8H,1-4H3. The molecule has 0 N–H and O–H groups in total. The normalized spacial score (nSPS) is 13.8. The maximum atomic E-state index is 2.33. The Morgan fingerprint density at radius 3 is 1.89 bits per heavy atom. The van der Waals surface area contributed by atoms with E-state index < -0.39 is 8.07 Å². The Balaban J connectivity index is 3.71. The van der Waals surface area contributed by atoms with Gasteiger partial charge in [0.15, 0.2) is 0 Å². The zero-order chi connectivity index (χ0) is 7.33. The second kappa shape index (κ2) is 3.67. The second-order valence-electron chi connectivity index (χ2n) is 3.25. The lowest BCUT2D eigenvalue weighted by Gasteiger charge is -2.06. The zero-order valence-electron chi connectivity index (χ0n) is 6.81. The Morgan fingerprint density at radius 2 is 1.56 bits per heavy atom. The number of allylic oxidation sites excluding steroid dienone is 3. The fraction of sp³-hybridized carbons (Fsp3) is 0.500. The van der Waals surface area contributed by atoms with Gasteiger partial charge in [0.2, 0.25) is 0 Å². The maximum Gasteiger partial charge on any atom is 0.0686 e. The van der Waals surface area contributed by atoms with Gasteiger partial charge in [-0.1, -0.05) is 43.6 Å². The first-order valence-electron chi connectivity index (χ1n) is 3.37. The van der Waals surface area contributed by atoms with Crippen molar-refractivity contribution >= 4 is 8.07 Å². The van der Waals surface area contributed by atoms with Crippen LogP contribution < -0.4 is 0 Å². The van der Waals surface area contributed by atoms with Crippen molar-refractivity contribution in [1.82, 2.24) is 0 Å². The van der Waals surface area contributed by atoms with Crippen LogP contribution >= 0.6 is 0 Å². The Kier molecular flexibility index (Phi) is 3.55. The third kappa shape index (κ3) is 7.70. The molecule has 1 heteroatoms. The summed E-state index contributed by atoms with van der Waals surface area (Å²) in [6.07, 6.45) is 6.28. The molecule has 0 saturated heterocycles. The van der Waals surface area contributed by atoms with Crippen molar-refractivity contribution in [2.75, 3.05) is 0 Å². The summed E-state index contributed by atoms with van der Waals surface area (Å²) >= 11 is 0. The first-order chi connectivity index (χ1) is 4.06. The van der Waals surface area contributed by atoms with Gasteiger partial charge in [0.25, 0.3) is 0 Å². The zero-order valence-corrected chi connectivity index (χ0v) is 7.81. The van der Waals surface area contributed by atoms with Gasteiger partial charge in [0, 0.05) is 0 Å². The number of rotatable bonds is 2. The molecular weight excluding hydrogens is 124 g/mol. The highest BCUT2D eigenvalue weighted by molar-refractivity contribution is 6.80. The van der Waals surface area contributed by atoms with E-state index in [1.54, 1.807) is 0 Å². The van der Waals surface area contributed by atoms with Crippen molar-refractivity contribution in [3.63, 3.8) is 0 Å². The fourth-order valence-electron chi connectivity index (χ4n) is 0.455. The van der Waals surface area contributed by atoms with Gasteiger partial charge in [0.05, 0.1) is 8.07 Å². The largest absolute Gasteiger partial charge is 0.0950 e. The van der Waals surface area contributed by atoms with E-state index in [9.17, 15) is 0 Å². The summed E-state index contributed by atoms with van der Waals surface area (Å²) in [6, 6.07) is 0. The van der Waals surface area contributed by atoms with Crippen LogP contribution in [0, 0.1) is 0 Å². The van der Waals surface area contributed by atoms with E-state index in [1.807, 2.05) is 6.92 Å². The molecule has 0 spiro atoms. The summed E-state index contributed by atoms with van der Waals surface area (Å²) in [4.78, 5) is 0. The van der Waals surface area contributed by atoms with Gasteiger partial charge in [0.1, 0.15) is 0 Å². The van der Waals surface area contributed by atoms with Crippen LogP contribution in [0.5, 0.6) is 0 Å². The van der Waals surface area contributed by atoms with Crippen molar-refractivity contribution in [1.29, 1.82) is 0 Å². The summed E-state index contributed by atoms with van der Waals surface area (Å²) in [5.74, 6) is 0. The number of hydrogen-bond acceptors (Lipinski definition) is 0. The molecule has 0 fully saturated rings. The van der Waals surface area contributed by atoms with Crippen molar-refractivity contribution in [3.05, 3.63) is 23.9 Å². The molecule has 0 atom stereocenters. The van der Waals surface area contributed by atoms with Crippen molar-refractivity contribution < 1.29 is 0 Å². The molecule has 0 bridgehead atoms. The highest BCUT2D eigenvalue weighted by Gasteiger charge is 2.04. The Labute approximate surface area is 59.3 Å². The molecule has 52 valence electrons. The predicted molar refractivity (Wildman–Crippen MR) is 47.3 cm³/mol. The van der Waals surface area contributed by atoms with Gasteiger partial charge in [-0.15, -0.1) is 0 Å². The monoisotopic (exact) mass is 140 g/mol. The van der Waals surface area contributed by atoms with E-state index in [2.05, 4.69) is 43.6 Å². The summed E-state index contributed by atoms with van der Waals surface area (Å²) in [7, 11) is -0.926. The summed E-state index contributed by atoms with van der Waals surface area (Å²) in [5.41, 5.74) is 2.33. The van der Waals surface area contributed by atoms with E-state index in [1.165, 1.54) is 0 Å². The molecular formula is C8H16Si. The molecule has 0 rings (SSSR count). The summed E-state index contributed by atoms with van der Waals surface area (Å²) in [5, 5.41) is 0. The predicted octanol–water partition coefficient (Wildman–Crippen LogP) is 3.00. The molecule has 0 aliphatic carbocycles. The molecule has 0 saturated carbocycles. The van der Waals surface area contributed by atoms with Gasteiger partial charge in [-0.05, 0) is 6.92 Å². The Morgan fingerprint density at radius 1 is 1.00 bits per heavy atom. The summed E-state index contributed by atoms with van der Waals surface area (Å²) in [6.45, 7) is 9.02. The van der Waals surface area contributed by atoms with Crippen LogP contribution in [-0.2, 0) is 0 Å². The molecule has 0 radical (unpaired) electrons. The smallest absolute Gasteiger partial charge is 0.0686 e. The number of hydrogen-bond donors (Lipinski definition) is 0. The van der Waals surface area contributed by atoms with E-state index >= 15 is 0 Å². The first-order valence-corrected chi connectivity index (χ1v) is 6.94. The summed E-state index contributed by atoms with van der Waals surface area (Å²) < 4.78 is 0. The van der Waals surface area contributed by atoms with Crippen LogP contribution in [0.4, 0.5) is 0 Å². The molecule has 0 unspecified atom stereocenters. The minimum atomic E-state index is -0.926. The maximum absolute atomic E-state index is 2.33. The van der Waals surface area contributed by atoms with E-state index in [-0.39, 0.29) is 0 Å². The van der Waals surface area contributed by atoms with Gasteiger partial charge >= 0.3 is 0 Å². The average molecular weight is 140 g/mol. The van der Waals surface area contributed by atoms with Crippen LogP contribution in [0.2, 0.25) is 19.6 Å². The molecule has 0 aromatic rings. The Bertz CT molecular complexity index is 115. The van der Waals surface area contributed by atoms with Crippen LogP contribution in [0.3, 0.4) is 0 Å². The van der Waals surface area contributed by atoms with Crippen molar-refractivity contribution in [3.8, 4) is 0 Å². The molecule has 0 nitrogen and oxygen atoms in total. The topological polar surface area (TPSA) is 0 Å². The van der Waals surface area contributed by atoms with E-state index in [4.69, 9.17) is 0 Å². The minimum Gasteiger partial charge on any atom is -0.0950 e. The van der Waals surface area contributed by atoms with Crippen molar-refractivity contribution in [2.24, 2.45) is 0 Å². The van der Waals surface area contributed by atoms with Crippen molar-refractivity contribution in [2.45, 2.75) is 26.6 Å². The molecule has 0 aromatic carbocycles. The van der Waals surface area contributed by atoms with Crippen LogP contribution in [0.25, 0.3) is 0 Å². The van der Waals surface area contributed by atoms with Gasteiger partial charge < -0.3 is 0 Å². The van der Waals surface area contributed by atoms with Crippen LogP contribution in [0.15, 0.2) is 23.9 Å². The van der Waals surface area contributed by atoms with Crippen LogP contribution in [-0.4, -0.2) is 8.07 Å². The minimum absolute atomic E-state index is 0.926. The van der Waals surface area contributed by atoms with Gasteiger partial charge in [-0.25, -0.2) is 0 Å². The van der Waals surface area contributed by atoms with Crippen LogP contribution in [0.1, 0.15) is 6.92 Å². The lowest BCUT2D eigenvalue weighted by molar-refractivity contribution is 1.71. The SMILES string of the molecule is CC=CC=C[Si](C)(C)C. The first kappa shape index (κ1) is 8.70. The molecule has 0 heterocycles. The fourth-order valence-corrected chi connectivity index (χ4v) is 1.14.